The minimum atomic E-state index is -1.00. The van der Waals surface area contributed by atoms with Gasteiger partial charge in [-0.15, -0.1) is 0 Å². The highest BCUT2D eigenvalue weighted by Crippen LogP contribution is 2.08. The van der Waals surface area contributed by atoms with Crippen LogP contribution in [0.25, 0.3) is 0 Å². The lowest BCUT2D eigenvalue weighted by atomic mass is 10.3. The van der Waals surface area contributed by atoms with Gasteiger partial charge in [0.05, 0.1) is 6.20 Å². The number of aromatic nitrogens is 2. The summed E-state index contributed by atoms with van der Waals surface area (Å²) in [6.07, 6.45) is 4.57. The van der Waals surface area contributed by atoms with Crippen molar-refractivity contribution in [1.82, 2.24) is 15.1 Å². The SMILES string of the molecule is CC(=O)NC(CSCCc1cnn(C)c1)C(=O)O. The van der Waals surface area contributed by atoms with Gasteiger partial charge in [0.1, 0.15) is 6.04 Å². The van der Waals surface area contributed by atoms with Crippen molar-refractivity contribution in [3.05, 3.63) is 18.0 Å². The molecule has 1 aromatic heterocycles. The van der Waals surface area contributed by atoms with Crippen molar-refractivity contribution >= 4 is 23.6 Å². The fraction of sp³-hybridized carbons (Fsp3) is 0.545. The van der Waals surface area contributed by atoms with Gasteiger partial charge in [-0.3, -0.25) is 9.48 Å². The number of hydrogen-bond donors (Lipinski definition) is 2. The first-order valence-corrected chi connectivity index (χ1v) is 6.69. The molecule has 18 heavy (non-hydrogen) atoms. The van der Waals surface area contributed by atoms with Crippen LogP contribution in [-0.2, 0) is 23.1 Å². The number of nitrogens with zero attached hydrogens (tertiary/aromatic N) is 2. The van der Waals surface area contributed by atoms with Gasteiger partial charge in [-0.05, 0) is 17.7 Å². The Balaban J connectivity index is 2.26. The smallest absolute Gasteiger partial charge is 0.327 e. The molecule has 1 amide bonds. The van der Waals surface area contributed by atoms with E-state index in [1.165, 1.54) is 18.7 Å². The highest BCUT2D eigenvalue weighted by atomic mass is 32.2. The summed E-state index contributed by atoms with van der Waals surface area (Å²) in [6.45, 7) is 1.32. The molecule has 1 aromatic rings. The third kappa shape index (κ3) is 5.22. The van der Waals surface area contributed by atoms with Crippen molar-refractivity contribution in [2.45, 2.75) is 19.4 Å². The monoisotopic (exact) mass is 271 g/mol. The van der Waals surface area contributed by atoms with Crippen molar-refractivity contribution in [3.8, 4) is 0 Å². The zero-order valence-electron chi connectivity index (χ0n) is 10.4. The summed E-state index contributed by atoms with van der Waals surface area (Å²) in [7, 11) is 1.86. The quantitative estimate of drug-likeness (QED) is 0.696. The van der Waals surface area contributed by atoms with Crippen LogP contribution in [0.2, 0.25) is 0 Å². The van der Waals surface area contributed by atoms with Crippen LogP contribution in [0, 0.1) is 0 Å². The molecule has 0 spiro atoms. The first-order valence-electron chi connectivity index (χ1n) is 5.54. The zero-order chi connectivity index (χ0) is 13.5. The van der Waals surface area contributed by atoms with Crippen molar-refractivity contribution in [1.29, 1.82) is 0 Å². The molecule has 7 heteroatoms. The Hall–Kier alpha value is -1.50. The number of carbonyl (C=O) groups is 2. The number of carboxylic acid groups (broad SMARTS) is 1. The Bertz CT molecular complexity index is 419. The average molecular weight is 271 g/mol. The molecule has 100 valence electrons. The summed E-state index contributed by atoms with van der Waals surface area (Å²) in [5.41, 5.74) is 1.12. The summed E-state index contributed by atoms with van der Waals surface area (Å²) in [5, 5.41) is 15.4. The van der Waals surface area contributed by atoms with E-state index >= 15 is 0 Å². The first kappa shape index (κ1) is 14.6. The van der Waals surface area contributed by atoms with Crippen molar-refractivity contribution in [3.63, 3.8) is 0 Å². The maximum atomic E-state index is 10.9. The lowest BCUT2D eigenvalue weighted by molar-refractivity contribution is -0.140. The van der Waals surface area contributed by atoms with E-state index in [-0.39, 0.29) is 5.91 Å². The summed E-state index contributed by atoms with van der Waals surface area (Å²) in [5.74, 6) is -0.154. The number of thioether (sulfide) groups is 1. The number of nitrogens with one attached hydrogen (secondary N) is 1. The van der Waals surface area contributed by atoms with Gasteiger partial charge in [0, 0.05) is 25.9 Å². The highest BCUT2D eigenvalue weighted by Gasteiger charge is 2.17. The molecule has 0 saturated heterocycles. The number of aliphatic carboxylic acids is 1. The number of carboxylic acids is 1. The molecule has 6 nitrogen and oxygen atoms in total. The van der Waals surface area contributed by atoms with E-state index < -0.39 is 12.0 Å². The molecule has 0 radical (unpaired) electrons. The Morgan fingerprint density at radius 1 is 1.61 bits per heavy atom. The molecule has 0 aliphatic rings. The van der Waals surface area contributed by atoms with Crippen LogP contribution in [0.5, 0.6) is 0 Å². The van der Waals surface area contributed by atoms with Crippen LogP contribution in [0.4, 0.5) is 0 Å². The normalized spacial score (nSPS) is 12.1. The van der Waals surface area contributed by atoms with E-state index in [9.17, 15) is 9.59 Å². The van der Waals surface area contributed by atoms with Gasteiger partial charge in [-0.2, -0.15) is 16.9 Å². The summed E-state index contributed by atoms with van der Waals surface area (Å²) in [4.78, 5) is 21.7. The van der Waals surface area contributed by atoms with Gasteiger partial charge in [0.15, 0.2) is 0 Å². The van der Waals surface area contributed by atoms with E-state index in [0.29, 0.717) is 5.75 Å². The van der Waals surface area contributed by atoms with Crippen LogP contribution >= 0.6 is 11.8 Å². The first-order chi connectivity index (χ1) is 8.49. The molecule has 0 bridgehead atoms. The number of rotatable bonds is 7. The Kier molecular flexibility index (Phi) is 5.70. The average Bonchev–Trinajstić information content (AvgIpc) is 2.68. The maximum Gasteiger partial charge on any atom is 0.327 e. The van der Waals surface area contributed by atoms with Crippen LogP contribution in [0.1, 0.15) is 12.5 Å². The number of aryl methyl sites for hydroxylation is 2. The lowest BCUT2D eigenvalue weighted by Gasteiger charge is -2.12. The van der Waals surface area contributed by atoms with Gasteiger partial charge >= 0.3 is 5.97 Å². The number of carbonyl (C=O) groups excluding carboxylic acids is 1. The molecule has 1 atom stereocenters. The summed E-state index contributed by atoms with van der Waals surface area (Å²) in [6, 6.07) is -0.818. The lowest BCUT2D eigenvalue weighted by Crippen LogP contribution is -2.41. The predicted octanol–water partition coefficient (Wildman–Crippen LogP) is 0.285. The largest absolute Gasteiger partial charge is 0.480 e. The van der Waals surface area contributed by atoms with Crippen molar-refractivity contribution < 1.29 is 14.7 Å². The second-order valence-corrected chi connectivity index (χ2v) is 5.09. The third-order valence-electron chi connectivity index (χ3n) is 2.25. The highest BCUT2D eigenvalue weighted by molar-refractivity contribution is 7.99. The van der Waals surface area contributed by atoms with Gasteiger partial charge in [0.2, 0.25) is 5.91 Å². The van der Waals surface area contributed by atoms with E-state index in [4.69, 9.17) is 5.11 Å². The molecular weight excluding hydrogens is 254 g/mol. The second-order valence-electron chi connectivity index (χ2n) is 3.94. The fourth-order valence-electron chi connectivity index (χ4n) is 1.41. The van der Waals surface area contributed by atoms with Crippen LogP contribution in [-0.4, -0.2) is 44.3 Å². The molecule has 0 aromatic carbocycles. The predicted molar refractivity (Wildman–Crippen MR) is 69.5 cm³/mol. The minimum absolute atomic E-state index is 0.324. The van der Waals surface area contributed by atoms with Crippen molar-refractivity contribution in [2.75, 3.05) is 11.5 Å². The number of hydrogen-bond acceptors (Lipinski definition) is 4. The molecule has 0 aliphatic heterocycles. The third-order valence-corrected chi connectivity index (χ3v) is 3.32. The molecule has 1 rings (SSSR count). The maximum absolute atomic E-state index is 10.9. The molecule has 0 aliphatic carbocycles. The summed E-state index contributed by atoms with van der Waals surface area (Å²) >= 11 is 1.50. The van der Waals surface area contributed by atoms with Crippen LogP contribution in [0.15, 0.2) is 12.4 Å². The molecule has 2 N–H and O–H groups in total. The topological polar surface area (TPSA) is 84.2 Å². The Morgan fingerprint density at radius 2 is 2.33 bits per heavy atom. The zero-order valence-corrected chi connectivity index (χ0v) is 11.2. The van der Waals surface area contributed by atoms with Crippen molar-refractivity contribution in [2.24, 2.45) is 7.05 Å². The minimum Gasteiger partial charge on any atom is -0.480 e. The fourth-order valence-corrected chi connectivity index (χ4v) is 2.42. The Labute approximate surface area is 110 Å². The Morgan fingerprint density at radius 3 is 2.83 bits per heavy atom. The standard InChI is InChI=1S/C11H17N3O3S/c1-8(15)13-10(11(16)17)7-18-4-3-9-5-12-14(2)6-9/h5-6,10H,3-4,7H2,1-2H3,(H,13,15)(H,16,17). The van der Waals surface area contributed by atoms with Gasteiger partial charge in [-0.25, -0.2) is 4.79 Å². The van der Waals surface area contributed by atoms with Crippen LogP contribution < -0.4 is 5.32 Å². The van der Waals surface area contributed by atoms with Crippen LogP contribution in [0.3, 0.4) is 0 Å². The van der Waals surface area contributed by atoms with E-state index in [1.807, 2.05) is 13.2 Å². The van der Waals surface area contributed by atoms with Gasteiger partial charge in [0.25, 0.3) is 0 Å². The molecule has 1 unspecified atom stereocenters. The molecule has 0 saturated carbocycles. The van der Waals surface area contributed by atoms with Gasteiger partial charge in [-0.1, -0.05) is 0 Å². The molecule has 1 heterocycles. The van der Waals surface area contributed by atoms with E-state index in [0.717, 1.165) is 17.7 Å². The van der Waals surface area contributed by atoms with E-state index in [1.54, 1.807) is 10.9 Å². The molecule has 0 fully saturated rings. The second kappa shape index (κ2) is 7.05. The summed E-state index contributed by atoms with van der Waals surface area (Å²) < 4.78 is 1.73. The van der Waals surface area contributed by atoms with E-state index in [2.05, 4.69) is 10.4 Å². The molecular formula is C11H17N3O3S. The number of amides is 1. The van der Waals surface area contributed by atoms with Gasteiger partial charge < -0.3 is 10.4 Å².